The monoisotopic (exact) mass is 283 g/mol. The number of para-hydroxylation sites is 1. The van der Waals surface area contributed by atoms with Crippen molar-refractivity contribution < 1.29 is 4.74 Å². The lowest BCUT2D eigenvalue weighted by molar-refractivity contribution is 0.341. The largest absolute Gasteiger partial charge is 0.493 e. The van der Waals surface area contributed by atoms with Crippen molar-refractivity contribution in [2.24, 2.45) is 0 Å². The summed E-state index contributed by atoms with van der Waals surface area (Å²) in [4.78, 5) is 9.16. The highest BCUT2D eigenvalue weighted by Crippen LogP contribution is 2.35. The standard InChI is InChI=1S/C17H21N3O/c1-2-21-15-10-6-5-9-13(15)17-19-14(11-16(18)20-17)12-7-3-4-8-12/h5-6,9-12H,2-4,7-8H2,1H3,(H2,18,19,20). The van der Waals surface area contributed by atoms with Crippen LogP contribution in [0.15, 0.2) is 30.3 Å². The molecule has 1 saturated carbocycles. The van der Waals surface area contributed by atoms with E-state index in [1.165, 1.54) is 25.7 Å². The van der Waals surface area contributed by atoms with Gasteiger partial charge in [0.15, 0.2) is 5.82 Å². The van der Waals surface area contributed by atoms with Crippen LogP contribution in [-0.2, 0) is 0 Å². The molecule has 0 spiro atoms. The number of nitrogens with two attached hydrogens (primary N) is 1. The van der Waals surface area contributed by atoms with Crippen molar-refractivity contribution in [1.82, 2.24) is 9.97 Å². The van der Waals surface area contributed by atoms with Gasteiger partial charge in [-0.15, -0.1) is 0 Å². The zero-order valence-electron chi connectivity index (χ0n) is 12.4. The van der Waals surface area contributed by atoms with Gasteiger partial charge in [-0.25, -0.2) is 9.97 Å². The molecular weight excluding hydrogens is 262 g/mol. The van der Waals surface area contributed by atoms with Gasteiger partial charge in [-0.2, -0.15) is 0 Å². The number of nitrogens with zero attached hydrogens (tertiary/aromatic N) is 2. The number of hydrogen-bond donors (Lipinski definition) is 1. The molecular formula is C17H21N3O. The quantitative estimate of drug-likeness (QED) is 0.927. The second-order valence-electron chi connectivity index (χ2n) is 5.45. The normalized spacial score (nSPS) is 15.3. The predicted octanol–water partition coefficient (Wildman–Crippen LogP) is 3.78. The van der Waals surface area contributed by atoms with Crippen LogP contribution in [-0.4, -0.2) is 16.6 Å². The number of rotatable bonds is 4. The topological polar surface area (TPSA) is 61.0 Å². The van der Waals surface area contributed by atoms with E-state index in [0.717, 1.165) is 17.0 Å². The second kappa shape index (κ2) is 6.12. The van der Waals surface area contributed by atoms with Crippen LogP contribution in [0, 0.1) is 0 Å². The van der Waals surface area contributed by atoms with E-state index in [4.69, 9.17) is 15.5 Å². The van der Waals surface area contributed by atoms with Gasteiger partial charge >= 0.3 is 0 Å². The Hall–Kier alpha value is -2.10. The van der Waals surface area contributed by atoms with Crippen LogP contribution in [0.4, 0.5) is 5.82 Å². The van der Waals surface area contributed by atoms with Crippen molar-refractivity contribution >= 4 is 5.82 Å². The first-order valence-electron chi connectivity index (χ1n) is 7.64. The van der Waals surface area contributed by atoms with Crippen LogP contribution in [0.1, 0.15) is 44.2 Å². The first-order chi connectivity index (χ1) is 10.3. The summed E-state index contributed by atoms with van der Waals surface area (Å²) < 4.78 is 5.68. The van der Waals surface area contributed by atoms with Crippen LogP contribution in [0.3, 0.4) is 0 Å². The highest BCUT2D eigenvalue weighted by Gasteiger charge is 2.20. The van der Waals surface area contributed by atoms with Gasteiger partial charge < -0.3 is 10.5 Å². The third-order valence-electron chi connectivity index (χ3n) is 3.97. The molecule has 0 atom stereocenters. The highest BCUT2D eigenvalue weighted by atomic mass is 16.5. The molecule has 0 amide bonds. The van der Waals surface area contributed by atoms with Crippen molar-refractivity contribution in [2.45, 2.75) is 38.5 Å². The van der Waals surface area contributed by atoms with Crippen molar-refractivity contribution in [3.8, 4) is 17.1 Å². The van der Waals surface area contributed by atoms with Gasteiger partial charge in [-0.3, -0.25) is 0 Å². The van der Waals surface area contributed by atoms with E-state index in [-0.39, 0.29) is 0 Å². The molecule has 0 unspecified atom stereocenters. The highest BCUT2D eigenvalue weighted by molar-refractivity contribution is 5.65. The van der Waals surface area contributed by atoms with Crippen molar-refractivity contribution in [3.05, 3.63) is 36.0 Å². The van der Waals surface area contributed by atoms with Crippen molar-refractivity contribution in [3.63, 3.8) is 0 Å². The number of ether oxygens (including phenoxy) is 1. The summed E-state index contributed by atoms with van der Waals surface area (Å²) in [5.41, 5.74) is 7.98. The smallest absolute Gasteiger partial charge is 0.165 e. The molecule has 0 radical (unpaired) electrons. The maximum atomic E-state index is 6.00. The fraction of sp³-hybridized carbons (Fsp3) is 0.412. The van der Waals surface area contributed by atoms with E-state index in [1.807, 2.05) is 37.3 Å². The van der Waals surface area contributed by atoms with E-state index >= 15 is 0 Å². The van der Waals surface area contributed by atoms with Gasteiger partial charge in [-0.1, -0.05) is 25.0 Å². The fourth-order valence-corrected chi connectivity index (χ4v) is 2.97. The molecule has 1 fully saturated rings. The molecule has 0 saturated heterocycles. The molecule has 1 heterocycles. The first kappa shape index (κ1) is 13.9. The summed E-state index contributed by atoms with van der Waals surface area (Å²) >= 11 is 0. The number of aromatic nitrogens is 2. The first-order valence-corrected chi connectivity index (χ1v) is 7.64. The summed E-state index contributed by atoms with van der Waals surface area (Å²) in [5, 5.41) is 0. The molecule has 1 aromatic carbocycles. The maximum Gasteiger partial charge on any atom is 0.165 e. The Labute approximate surface area is 125 Å². The van der Waals surface area contributed by atoms with Gasteiger partial charge in [0.2, 0.25) is 0 Å². The Bertz CT molecular complexity index is 621. The fourth-order valence-electron chi connectivity index (χ4n) is 2.97. The molecule has 2 aromatic rings. The van der Waals surface area contributed by atoms with Crippen molar-refractivity contribution in [2.75, 3.05) is 12.3 Å². The molecule has 0 aliphatic heterocycles. The molecule has 3 rings (SSSR count). The molecule has 1 aliphatic carbocycles. The van der Waals surface area contributed by atoms with E-state index < -0.39 is 0 Å². The van der Waals surface area contributed by atoms with Crippen LogP contribution < -0.4 is 10.5 Å². The Balaban J connectivity index is 2.02. The lowest BCUT2D eigenvalue weighted by atomic mass is 10.0. The number of hydrogen-bond acceptors (Lipinski definition) is 4. The van der Waals surface area contributed by atoms with Gasteiger partial charge in [0, 0.05) is 17.7 Å². The molecule has 0 bridgehead atoms. The summed E-state index contributed by atoms with van der Waals surface area (Å²) in [5.74, 6) is 2.53. The molecule has 4 heteroatoms. The molecule has 4 nitrogen and oxygen atoms in total. The summed E-state index contributed by atoms with van der Waals surface area (Å²) in [6.45, 7) is 2.59. The maximum absolute atomic E-state index is 6.00. The second-order valence-corrected chi connectivity index (χ2v) is 5.45. The van der Waals surface area contributed by atoms with Crippen LogP contribution >= 0.6 is 0 Å². The SMILES string of the molecule is CCOc1ccccc1-c1nc(N)cc(C2CCCC2)n1. The minimum absolute atomic E-state index is 0.522. The molecule has 21 heavy (non-hydrogen) atoms. The Kier molecular flexibility index (Phi) is 4.04. The van der Waals surface area contributed by atoms with Crippen molar-refractivity contribution in [1.29, 1.82) is 0 Å². The Morgan fingerprint density at radius 3 is 2.71 bits per heavy atom. The summed E-state index contributed by atoms with van der Waals surface area (Å²) in [6.07, 6.45) is 4.95. The summed E-state index contributed by atoms with van der Waals surface area (Å²) in [6, 6.07) is 9.78. The van der Waals surface area contributed by atoms with E-state index in [1.54, 1.807) is 0 Å². The summed E-state index contributed by atoms with van der Waals surface area (Å²) in [7, 11) is 0. The molecule has 110 valence electrons. The molecule has 1 aliphatic rings. The van der Waals surface area contributed by atoms with Gasteiger partial charge in [0.25, 0.3) is 0 Å². The third kappa shape index (κ3) is 2.99. The molecule has 1 aromatic heterocycles. The Morgan fingerprint density at radius 2 is 1.95 bits per heavy atom. The van der Waals surface area contributed by atoms with E-state index in [2.05, 4.69) is 4.98 Å². The van der Waals surface area contributed by atoms with Gasteiger partial charge in [0.05, 0.1) is 12.2 Å². The van der Waals surface area contributed by atoms with Gasteiger partial charge in [0.1, 0.15) is 11.6 Å². The number of benzene rings is 1. The number of nitrogen functional groups attached to an aromatic ring is 1. The lowest BCUT2D eigenvalue weighted by Gasteiger charge is -2.13. The van der Waals surface area contributed by atoms with Crippen LogP contribution in [0.25, 0.3) is 11.4 Å². The van der Waals surface area contributed by atoms with Crippen LogP contribution in [0.2, 0.25) is 0 Å². The van der Waals surface area contributed by atoms with Crippen LogP contribution in [0.5, 0.6) is 5.75 Å². The predicted molar refractivity (Wildman–Crippen MR) is 84.3 cm³/mol. The van der Waals surface area contributed by atoms with E-state index in [9.17, 15) is 0 Å². The lowest BCUT2D eigenvalue weighted by Crippen LogP contribution is -2.04. The number of anilines is 1. The van der Waals surface area contributed by atoms with E-state index in [0.29, 0.717) is 24.2 Å². The third-order valence-corrected chi connectivity index (χ3v) is 3.97. The molecule has 2 N–H and O–H groups in total. The zero-order valence-corrected chi connectivity index (χ0v) is 12.4. The Morgan fingerprint density at radius 1 is 1.19 bits per heavy atom. The average molecular weight is 283 g/mol. The van der Waals surface area contributed by atoms with Gasteiger partial charge in [-0.05, 0) is 31.9 Å². The zero-order chi connectivity index (χ0) is 14.7. The minimum Gasteiger partial charge on any atom is -0.493 e. The minimum atomic E-state index is 0.522. The average Bonchev–Trinajstić information content (AvgIpc) is 3.02.